The van der Waals surface area contributed by atoms with E-state index in [1.807, 2.05) is 29.2 Å². The molecule has 1 fully saturated rings. The maximum atomic E-state index is 13.3. The number of nitrogens with zero attached hydrogens (tertiary/aromatic N) is 1. The molecule has 8 heteroatoms. The van der Waals surface area contributed by atoms with E-state index in [4.69, 9.17) is 22.1 Å². The quantitative estimate of drug-likeness (QED) is 0.255. The van der Waals surface area contributed by atoms with Crippen molar-refractivity contribution in [2.75, 3.05) is 25.9 Å². The fraction of sp³-hybridized carbons (Fsp3) is 0.292. The number of hydrogen-bond acceptors (Lipinski definition) is 5. The van der Waals surface area contributed by atoms with Crippen molar-refractivity contribution in [2.24, 2.45) is 5.92 Å². The predicted molar refractivity (Wildman–Crippen MR) is 123 cm³/mol. The van der Waals surface area contributed by atoms with Gasteiger partial charge in [0.2, 0.25) is 5.78 Å². The second-order valence-electron chi connectivity index (χ2n) is 8.08. The lowest BCUT2D eigenvalue weighted by Gasteiger charge is -2.32. The number of aromatic amines is 1. The van der Waals surface area contributed by atoms with Gasteiger partial charge in [0.05, 0.1) is 18.2 Å². The Morgan fingerprint density at radius 1 is 1.12 bits per heavy atom. The van der Waals surface area contributed by atoms with E-state index in [0.29, 0.717) is 41.2 Å². The van der Waals surface area contributed by atoms with E-state index in [0.717, 1.165) is 24.9 Å². The molecule has 0 bridgehead atoms. The van der Waals surface area contributed by atoms with Crippen LogP contribution in [0.2, 0.25) is 0 Å². The minimum atomic E-state index is -1.07. The van der Waals surface area contributed by atoms with Crippen LogP contribution in [0.25, 0.3) is 10.9 Å². The molecule has 2 aromatic carbocycles. The highest BCUT2D eigenvalue weighted by molar-refractivity contribution is 6.83. The highest BCUT2D eigenvalue weighted by Crippen LogP contribution is 2.31. The third-order valence-electron chi connectivity index (χ3n) is 6.06. The van der Waals surface area contributed by atoms with E-state index >= 15 is 0 Å². The van der Waals surface area contributed by atoms with Gasteiger partial charge in [0.1, 0.15) is 5.75 Å². The molecular weight excluding hydrogens is 430 g/mol. The van der Waals surface area contributed by atoms with E-state index < -0.39 is 11.0 Å². The van der Waals surface area contributed by atoms with Crippen molar-refractivity contribution in [3.63, 3.8) is 0 Å². The fourth-order valence-corrected chi connectivity index (χ4v) is 4.38. The summed E-state index contributed by atoms with van der Waals surface area (Å²) in [6.45, 7) is 1.28. The SMILES string of the molecule is COc1cc2[nH]cc(C(=O)C(=O)Cl)c2cc1C(=O)N1CCC(Cc2ccc(N)cc2)CC1. The number of H-pyrrole nitrogens is 1. The third-order valence-corrected chi connectivity index (χ3v) is 6.23. The van der Waals surface area contributed by atoms with Crippen LogP contribution in [0, 0.1) is 5.92 Å². The lowest BCUT2D eigenvalue weighted by Crippen LogP contribution is -2.39. The second-order valence-corrected chi connectivity index (χ2v) is 8.43. The molecule has 0 spiro atoms. The number of ketones is 1. The molecule has 0 aliphatic carbocycles. The van der Waals surface area contributed by atoms with E-state index in [1.165, 1.54) is 18.9 Å². The summed E-state index contributed by atoms with van der Waals surface area (Å²) < 4.78 is 5.44. The van der Waals surface area contributed by atoms with Gasteiger partial charge in [-0.15, -0.1) is 0 Å². The van der Waals surface area contributed by atoms with Gasteiger partial charge in [0.25, 0.3) is 11.1 Å². The average Bonchev–Trinajstić information content (AvgIpc) is 3.22. The number of likely N-dealkylation sites (tertiary alicyclic amines) is 1. The second kappa shape index (κ2) is 9.04. The number of aromatic nitrogens is 1. The number of anilines is 1. The van der Waals surface area contributed by atoms with Crippen molar-refractivity contribution in [3.8, 4) is 5.75 Å². The summed E-state index contributed by atoms with van der Waals surface area (Å²) in [5, 5.41) is -0.607. The molecule has 2 heterocycles. The third kappa shape index (κ3) is 4.34. The Hall–Kier alpha value is -3.32. The van der Waals surface area contributed by atoms with Crippen LogP contribution in [0.4, 0.5) is 5.69 Å². The van der Waals surface area contributed by atoms with E-state index in [-0.39, 0.29) is 11.5 Å². The van der Waals surface area contributed by atoms with Crippen LogP contribution in [0.3, 0.4) is 0 Å². The van der Waals surface area contributed by atoms with Gasteiger partial charge in [-0.05, 0) is 60.5 Å². The number of ether oxygens (including phenoxy) is 1. The minimum Gasteiger partial charge on any atom is -0.496 e. The zero-order valence-corrected chi connectivity index (χ0v) is 18.4. The Morgan fingerprint density at radius 2 is 1.81 bits per heavy atom. The first kappa shape index (κ1) is 21.9. The first-order valence-electron chi connectivity index (χ1n) is 10.4. The number of piperidine rings is 1. The van der Waals surface area contributed by atoms with Crippen LogP contribution in [-0.2, 0) is 11.2 Å². The maximum absolute atomic E-state index is 13.3. The van der Waals surface area contributed by atoms with Crippen molar-refractivity contribution >= 4 is 45.1 Å². The maximum Gasteiger partial charge on any atom is 0.293 e. The van der Waals surface area contributed by atoms with Gasteiger partial charge < -0.3 is 20.4 Å². The van der Waals surface area contributed by atoms with Crippen molar-refractivity contribution < 1.29 is 19.1 Å². The van der Waals surface area contributed by atoms with Gasteiger partial charge in [-0.3, -0.25) is 14.4 Å². The number of rotatable bonds is 6. The Labute approximate surface area is 190 Å². The number of hydrogen-bond donors (Lipinski definition) is 2. The van der Waals surface area contributed by atoms with E-state index in [2.05, 4.69) is 4.98 Å². The fourth-order valence-electron chi connectivity index (χ4n) is 4.28. The Balaban J connectivity index is 1.52. The Morgan fingerprint density at radius 3 is 2.44 bits per heavy atom. The predicted octanol–water partition coefficient (Wildman–Crippen LogP) is 3.80. The van der Waals surface area contributed by atoms with Crippen LogP contribution in [0.1, 0.15) is 39.1 Å². The number of methoxy groups -OCH3 is 1. The number of benzene rings is 2. The summed E-state index contributed by atoms with van der Waals surface area (Å²) in [6, 6.07) is 11.2. The summed E-state index contributed by atoms with van der Waals surface area (Å²) >= 11 is 5.37. The van der Waals surface area contributed by atoms with Crippen molar-refractivity contribution in [1.82, 2.24) is 9.88 Å². The lowest BCUT2D eigenvalue weighted by atomic mass is 9.90. The molecule has 0 atom stereocenters. The van der Waals surface area contributed by atoms with Gasteiger partial charge in [-0.2, -0.15) is 0 Å². The standard InChI is InChI=1S/C24H24ClN3O4/c1-32-21-12-20-17(19(13-27-20)22(29)23(25)30)11-18(21)24(31)28-8-6-15(7-9-28)10-14-2-4-16(26)5-3-14/h2-5,11-13,15,27H,6-10,26H2,1H3. The first-order chi connectivity index (χ1) is 15.4. The van der Waals surface area contributed by atoms with Crippen LogP contribution < -0.4 is 10.5 Å². The first-order valence-corrected chi connectivity index (χ1v) is 10.8. The normalized spacial score (nSPS) is 14.5. The number of fused-ring (bicyclic) bond motifs is 1. The highest BCUT2D eigenvalue weighted by Gasteiger charge is 2.27. The minimum absolute atomic E-state index is 0.138. The lowest BCUT2D eigenvalue weighted by molar-refractivity contribution is -0.108. The van der Waals surface area contributed by atoms with Gasteiger partial charge in [-0.25, -0.2) is 0 Å². The molecule has 166 valence electrons. The molecule has 1 aliphatic rings. The molecule has 1 aliphatic heterocycles. The van der Waals surface area contributed by atoms with E-state index in [1.54, 1.807) is 12.1 Å². The van der Waals surface area contributed by atoms with Crippen LogP contribution >= 0.6 is 11.6 Å². The summed E-state index contributed by atoms with van der Waals surface area (Å²) in [7, 11) is 1.49. The zero-order chi connectivity index (χ0) is 22.8. The van der Waals surface area contributed by atoms with Crippen LogP contribution in [-0.4, -0.2) is 47.0 Å². The molecule has 0 saturated carbocycles. The van der Waals surface area contributed by atoms with Crippen LogP contribution in [0.5, 0.6) is 5.75 Å². The summed E-state index contributed by atoms with van der Waals surface area (Å²) in [5.74, 6) is -0.0725. The molecule has 7 nitrogen and oxygen atoms in total. The van der Waals surface area contributed by atoms with Crippen molar-refractivity contribution in [2.45, 2.75) is 19.3 Å². The number of carbonyl (C=O) groups excluding carboxylic acids is 3. The molecule has 0 unspecified atom stereocenters. The number of nitrogens with two attached hydrogens (primary N) is 1. The zero-order valence-electron chi connectivity index (χ0n) is 17.7. The monoisotopic (exact) mass is 453 g/mol. The Kier molecular flexibility index (Phi) is 6.19. The molecule has 32 heavy (non-hydrogen) atoms. The van der Waals surface area contributed by atoms with Gasteiger partial charge in [0, 0.05) is 41.9 Å². The Bertz CT molecular complexity index is 1180. The largest absolute Gasteiger partial charge is 0.496 e. The molecule has 3 N–H and O–H groups in total. The molecule has 4 rings (SSSR count). The molecule has 0 radical (unpaired) electrons. The van der Waals surface area contributed by atoms with Crippen LogP contribution in [0.15, 0.2) is 42.6 Å². The molecule has 3 aromatic rings. The number of Topliss-reactive ketones (excluding diaryl/α,β-unsaturated/α-hetero) is 1. The number of nitrogen functional groups attached to an aromatic ring is 1. The highest BCUT2D eigenvalue weighted by atomic mass is 35.5. The van der Waals surface area contributed by atoms with Gasteiger partial charge >= 0.3 is 0 Å². The topological polar surface area (TPSA) is 105 Å². The average molecular weight is 454 g/mol. The molecule has 1 aromatic heterocycles. The number of amides is 1. The molecule has 1 saturated heterocycles. The number of halogens is 1. The van der Waals surface area contributed by atoms with Gasteiger partial charge in [-0.1, -0.05) is 12.1 Å². The van der Waals surface area contributed by atoms with Crippen molar-refractivity contribution in [3.05, 3.63) is 59.3 Å². The van der Waals surface area contributed by atoms with Gasteiger partial charge in [0.15, 0.2) is 0 Å². The number of nitrogens with one attached hydrogen (secondary N) is 1. The summed E-state index contributed by atoms with van der Waals surface area (Å²) in [5.41, 5.74) is 8.84. The molecule has 1 amide bonds. The van der Waals surface area contributed by atoms with E-state index in [9.17, 15) is 14.4 Å². The summed E-state index contributed by atoms with van der Waals surface area (Å²) in [6.07, 6.45) is 4.17. The number of carbonyl (C=O) groups is 3. The smallest absolute Gasteiger partial charge is 0.293 e. The van der Waals surface area contributed by atoms with Crippen molar-refractivity contribution in [1.29, 1.82) is 0 Å². The molecular formula is C24H24ClN3O4. The summed E-state index contributed by atoms with van der Waals surface area (Å²) in [4.78, 5) is 41.5.